The van der Waals surface area contributed by atoms with Gasteiger partial charge in [0, 0.05) is 10.5 Å². The summed E-state index contributed by atoms with van der Waals surface area (Å²) in [4.78, 5) is 9.75. The molecule has 9 heteroatoms. The molecule has 0 aliphatic carbocycles. The van der Waals surface area contributed by atoms with Crippen LogP contribution >= 0.6 is 15.9 Å². The van der Waals surface area contributed by atoms with Crippen molar-refractivity contribution < 1.29 is 18.1 Å². The number of ether oxygens (including phenoxy) is 1. The van der Waals surface area contributed by atoms with Gasteiger partial charge in [0.2, 0.25) is 10.0 Å². The van der Waals surface area contributed by atoms with Crippen LogP contribution in [0.5, 0.6) is 0 Å². The minimum Gasteiger partial charge on any atom is -0.378 e. The van der Waals surface area contributed by atoms with Crippen molar-refractivity contribution in [2.45, 2.75) is 10.9 Å². The average molecular weight is 337 g/mol. The Bertz CT molecular complexity index is 585. The first-order valence-corrected chi connectivity index (χ1v) is 7.22. The van der Waals surface area contributed by atoms with Crippen molar-refractivity contribution in [2.75, 3.05) is 13.2 Å². The molecule has 0 radical (unpaired) electrons. The lowest BCUT2D eigenvalue weighted by molar-refractivity contribution is -0.387. The fourth-order valence-electron chi connectivity index (χ4n) is 1.44. The summed E-state index contributed by atoms with van der Waals surface area (Å²) >= 11 is 3.10. The van der Waals surface area contributed by atoms with Crippen LogP contribution in [0, 0.1) is 10.1 Å². The van der Waals surface area contributed by atoms with Crippen LogP contribution in [-0.2, 0) is 14.8 Å². The van der Waals surface area contributed by atoms with Crippen LogP contribution in [0.2, 0.25) is 0 Å². The molecular formula is C9H9BrN2O5S. The van der Waals surface area contributed by atoms with E-state index >= 15 is 0 Å². The lowest BCUT2D eigenvalue weighted by Crippen LogP contribution is -2.48. The smallest absolute Gasteiger partial charge is 0.289 e. The van der Waals surface area contributed by atoms with E-state index in [4.69, 9.17) is 4.74 Å². The first-order chi connectivity index (χ1) is 8.40. The van der Waals surface area contributed by atoms with Gasteiger partial charge in [-0.2, -0.15) is 0 Å². The summed E-state index contributed by atoms with van der Waals surface area (Å²) < 4.78 is 31.7. The summed E-state index contributed by atoms with van der Waals surface area (Å²) in [5.41, 5.74) is -0.453. The molecule has 1 aliphatic rings. The van der Waals surface area contributed by atoms with Gasteiger partial charge in [-0.05, 0) is 12.1 Å². The Morgan fingerprint density at radius 1 is 1.44 bits per heavy atom. The van der Waals surface area contributed by atoms with Gasteiger partial charge in [-0.3, -0.25) is 10.1 Å². The predicted molar refractivity (Wildman–Crippen MR) is 65.7 cm³/mol. The maximum atomic E-state index is 12.0. The lowest BCUT2D eigenvalue weighted by Gasteiger charge is -2.26. The van der Waals surface area contributed by atoms with Crippen molar-refractivity contribution in [3.05, 3.63) is 32.8 Å². The third-order valence-electron chi connectivity index (χ3n) is 2.37. The molecule has 0 spiro atoms. The molecule has 1 fully saturated rings. The van der Waals surface area contributed by atoms with E-state index in [1.807, 2.05) is 0 Å². The molecule has 1 N–H and O–H groups in total. The number of hydrogen-bond donors (Lipinski definition) is 1. The highest BCUT2D eigenvalue weighted by atomic mass is 79.9. The minimum atomic E-state index is -3.92. The molecule has 0 amide bonds. The van der Waals surface area contributed by atoms with Crippen LogP contribution in [0.25, 0.3) is 0 Å². The third kappa shape index (κ3) is 2.69. The van der Waals surface area contributed by atoms with E-state index in [0.29, 0.717) is 4.47 Å². The average Bonchev–Trinajstić information content (AvgIpc) is 2.23. The molecule has 1 aromatic rings. The molecule has 1 aliphatic heterocycles. The van der Waals surface area contributed by atoms with Crippen molar-refractivity contribution in [3.63, 3.8) is 0 Å². The van der Waals surface area contributed by atoms with Gasteiger partial charge in [0.05, 0.1) is 24.2 Å². The molecule has 18 heavy (non-hydrogen) atoms. The van der Waals surface area contributed by atoms with Crippen LogP contribution in [0.4, 0.5) is 5.69 Å². The molecule has 1 saturated heterocycles. The van der Waals surface area contributed by atoms with Crippen molar-refractivity contribution >= 4 is 31.6 Å². The van der Waals surface area contributed by atoms with Gasteiger partial charge in [-0.25, -0.2) is 13.1 Å². The maximum Gasteiger partial charge on any atom is 0.289 e. The summed E-state index contributed by atoms with van der Waals surface area (Å²) in [5, 5.41) is 10.8. The van der Waals surface area contributed by atoms with E-state index in [0.717, 1.165) is 6.07 Å². The van der Waals surface area contributed by atoms with E-state index in [-0.39, 0.29) is 24.2 Å². The second-order valence-corrected chi connectivity index (χ2v) is 6.32. The van der Waals surface area contributed by atoms with Crippen LogP contribution in [0.15, 0.2) is 27.6 Å². The van der Waals surface area contributed by atoms with E-state index in [1.165, 1.54) is 12.1 Å². The Morgan fingerprint density at radius 2 is 2.11 bits per heavy atom. The molecule has 7 nitrogen and oxygen atoms in total. The van der Waals surface area contributed by atoms with Crippen molar-refractivity contribution in [1.29, 1.82) is 0 Å². The molecule has 1 heterocycles. The summed E-state index contributed by atoms with van der Waals surface area (Å²) in [6.07, 6.45) is 0. The first-order valence-electron chi connectivity index (χ1n) is 4.94. The minimum absolute atomic E-state index is 0.279. The van der Waals surface area contributed by atoms with Gasteiger partial charge < -0.3 is 4.74 Å². The number of nitrogens with one attached hydrogen (secondary N) is 1. The zero-order valence-electron chi connectivity index (χ0n) is 9.00. The van der Waals surface area contributed by atoms with E-state index in [1.54, 1.807) is 0 Å². The quantitative estimate of drug-likeness (QED) is 0.654. The van der Waals surface area contributed by atoms with Gasteiger partial charge in [0.1, 0.15) is 0 Å². The largest absolute Gasteiger partial charge is 0.378 e. The summed E-state index contributed by atoms with van der Waals surface area (Å²) in [7, 11) is -3.92. The molecule has 0 atom stereocenters. The van der Waals surface area contributed by atoms with Gasteiger partial charge >= 0.3 is 0 Å². The third-order valence-corrected chi connectivity index (χ3v) is 4.41. The highest BCUT2D eigenvalue weighted by Crippen LogP contribution is 2.27. The topological polar surface area (TPSA) is 98.5 Å². The second-order valence-electron chi connectivity index (χ2n) is 3.72. The number of halogens is 1. The molecule has 1 aromatic carbocycles. The Labute approximate surface area is 111 Å². The Kier molecular flexibility index (Phi) is 3.66. The number of hydrogen-bond acceptors (Lipinski definition) is 5. The van der Waals surface area contributed by atoms with Gasteiger partial charge in [-0.1, -0.05) is 15.9 Å². The first kappa shape index (κ1) is 13.4. The van der Waals surface area contributed by atoms with Crippen molar-refractivity contribution in [2.24, 2.45) is 0 Å². The highest BCUT2D eigenvalue weighted by Gasteiger charge is 2.30. The summed E-state index contributed by atoms with van der Waals surface area (Å²) in [6.45, 7) is 0.558. The van der Waals surface area contributed by atoms with Gasteiger partial charge in [-0.15, -0.1) is 0 Å². The number of rotatable bonds is 4. The molecule has 0 bridgehead atoms. The number of nitro benzene ring substituents is 1. The fraction of sp³-hybridized carbons (Fsp3) is 0.333. The SMILES string of the molecule is O=[N+]([O-])c1ccc(Br)cc1S(=O)(=O)NC1COC1. The van der Waals surface area contributed by atoms with Crippen LogP contribution in [-0.4, -0.2) is 32.6 Å². The molecular weight excluding hydrogens is 328 g/mol. The van der Waals surface area contributed by atoms with Gasteiger partial charge in [0.15, 0.2) is 4.90 Å². The Hall–Kier alpha value is -1.03. The summed E-state index contributed by atoms with van der Waals surface area (Å²) in [6, 6.07) is 3.45. The molecule has 2 rings (SSSR count). The van der Waals surface area contributed by atoms with Crippen LogP contribution < -0.4 is 4.72 Å². The number of nitrogens with zero attached hydrogens (tertiary/aromatic N) is 1. The molecule has 0 unspecified atom stereocenters. The lowest BCUT2D eigenvalue weighted by atomic mass is 10.3. The zero-order chi connectivity index (χ0) is 13.3. The van der Waals surface area contributed by atoms with E-state index in [2.05, 4.69) is 20.7 Å². The highest BCUT2D eigenvalue weighted by molar-refractivity contribution is 9.10. The van der Waals surface area contributed by atoms with Crippen molar-refractivity contribution in [1.82, 2.24) is 4.72 Å². The Morgan fingerprint density at radius 3 is 2.61 bits per heavy atom. The normalized spacial score (nSPS) is 16.3. The summed E-state index contributed by atoms with van der Waals surface area (Å²) in [5.74, 6) is 0. The zero-order valence-corrected chi connectivity index (χ0v) is 11.4. The van der Waals surface area contributed by atoms with E-state index in [9.17, 15) is 18.5 Å². The number of benzene rings is 1. The number of nitro groups is 1. The monoisotopic (exact) mass is 336 g/mol. The fourth-order valence-corrected chi connectivity index (χ4v) is 3.36. The van der Waals surface area contributed by atoms with Crippen molar-refractivity contribution in [3.8, 4) is 0 Å². The molecule has 0 saturated carbocycles. The maximum absolute atomic E-state index is 12.0. The van der Waals surface area contributed by atoms with Crippen LogP contribution in [0.1, 0.15) is 0 Å². The molecule has 0 aromatic heterocycles. The van der Waals surface area contributed by atoms with Crippen LogP contribution in [0.3, 0.4) is 0 Å². The standard InChI is InChI=1S/C9H9BrN2O5S/c10-6-1-2-8(12(13)14)9(3-6)18(15,16)11-7-4-17-5-7/h1-3,7,11H,4-5H2. The van der Waals surface area contributed by atoms with Gasteiger partial charge in [0.25, 0.3) is 5.69 Å². The Balaban J connectivity index is 2.41. The van der Waals surface area contributed by atoms with E-state index < -0.39 is 20.6 Å². The second kappa shape index (κ2) is 4.92. The molecule has 98 valence electrons. The number of sulfonamides is 1. The predicted octanol–water partition coefficient (Wildman–Crippen LogP) is 1.03.